The van der Waals surface area contributed by atoms with E-state index in [1.165, 1.54) is 0 Å². The van der Waals surface area contributed by atoms with Crippen molar-refractivity contribution in [2.45, 2.75) is 36.6 Å². The average molecular weight is 1410 g/mol. The fourth-order valence-electron chi connectivity index (χ4n) is 4.15. The maximum atomic E-state index is 12.6. The van der Waals surface area contributed by atoms with Crippen LogP contribution in [0, 0.1) is 21.4 Å². The van der Waals surface area contributed by atoms with Crippen molar-refractivity contribution in [2.75, 3.05) is 52.6 Å². The van der Waals surface area contributed by atoms with Crippen molar-refractivity contribution in [1.29, 1.82) is 0 Å². The van der Waals surface area contributed by atoms with Gasteiger partial charge in [0.25, 0.3) is 0 Å². The molecule has 10 N–H and O–H groups in total. The van der Waals surface area contributed by atoms with Crippen molar-refractivity contribution >= 4 is 159 Å². The number of halogens is 6. The molecule has 16 nitrogen and oxygen atoms in total. The zero-order valence-corrected chi connectivity index (χ0v) is 39.5. The molecular formula is C30H34I6N2O14. The summed E-state index contributed by atoms with van der Waals surface area (Å²) in [4.78, 5) is 49.4. The monoisotopic (exact) mass is 1410 g/mol. The molecular weight excluding hydrogens is 1370 g/mol. The van der Waals surface area contributed by atoms with E-state index in [9.17, 15) is 49.8 Å². The minimum Gasteiger partial charge on any atom is -0.484 e. The minimum atomic E-state index is -1.95. The largest absolute Gasteiger partial charge is 0.484 e. The normalized spacial score (nSPS) is 15.0. The van der Waals surface area contributed by atoms with Crippen LogP contribution in [0.15, 0.2) is 12.1 Å². The summed E-state index contributed by atoms with van der Waals surface area (Å²) in [5.74, 6) is -1.73. The Balaban J connectivity index is 2.13. The van der Waals surface area contributed by atoms with Crippen LogP contribution in [0.1, 0.15) is 0 Å². The second kappa shape index (κ2) is 23.8. The Labute approximate surface area is 379 Å². The first-order valence-corrected chi connectivity index (χ1v) is 21.3. The maximum absolute atomic E-state index is 12.6. The second-order valence-electron chi connectivity index (χ2n) is 10.9. The summed E-state index contributed by atoms with van der Waals surface area (Å²) in [6, 6.07) is 3.76. The molecule has 2 aromatic carbocycles. The van der Waals surface area contributed by atoms with Crippen molar-refractivity contribution in [3.05, 3.63) is 33.6 Å². The highest BCUT2D eigenvalue weighted by molar-refractivity contribution is 14.1. The van der Waals surface area contributed by atoms with Gasteiger partial charge in [-0.25, -0.2) is 0 Å². The number of carbonyl (C=O) groups excluding carboxylic acids is 4. The molecule has 0 saturated heterocycles. The molecule has 0 saturated carbocycles. The number of benzene rings is 2. The molecule has 0 aliphatic rings. The van der Waals surface area contributed by atoms with Crippen molar-refractivity contribution in [3.8, 4) is 22.6 Å². The lowest BCUT2D eigenvalue weighted by Crippen LogP contribution is -2.47. The zero-order chi connectivity index (χ0) is 39.4. The van der Waals surface area contributed by atoms with Gasteiger partial charge < -0.3 is 61.0 Å². The van der Waals surface area contributed by atoms with Gasteiger partial charge in [-0.15, -0.1) is 0 Å². The Morgan fingerprint density at radius 1 is 0.558 bits per heavy atom. The summed E-state index contributed by atoms with van der Waals surface area (Å²) < 4.78 is 16.4. The van der Waals surface area contributed by atoms with Crippen LogP contribution in [0.5, 0.6) is 11.5 Å². The van der Waals surface area contributed by atoms with Crippen molar-refractivity contribution in [2.24, 2.45) is 0 Å². The fraction of sp³-hybridized carbons (Fsp3) is 0.467. The highest BCUT2D eigenvalue weighted by Gasteiger charge is 2.31. The minimum absolute atomic E-state index is 0.292. The first-order valence-electron chi connectivity index (χ1n) is 14.8. The van der Waals surface area contributed by atoms with Crippen LogP contribution in [0.25, 0.3) is 11.1 Å². The third kappa shape index (κ3) is 14.0. The van der Waals surface area contributed by atoms with Crippen LogP contribution in [0.4, 0.5) is 0 Å². The summed E-state index contributed by atoms with van der Waals surface area (Å²) in [6.07, 6.45) is -11.1. The first kappa shape index (κ1) is 48.8. The summed E-state index contributed by atoms with van der Waals surface area (Å²) in [7, 11) is 0. The molecule has 0 aromatic heterocycles. The number of nitrogens with one attached hydrogen (secondary N) is 2. The van der Waals surface area contributed by atoms with Gasteiger partial charge in [-0.2, -0.15) is 0 Å². The Morgan fingerprint density at radius 3 is 1.19 bits per heavy atom. The summed E-state index contributed by atoms with van der Waals surface area (Å²) in [5.41, 5.74) is 1.58. The van der Waals surface area contributed by atoms with Gasteiger partial charge in [0.05, 0.1) is 53.7 Å². The van der Waals surface area contributed by atoms with Crippen LogP contribution in [-0.4, -0.2) is 153 Å². The third-order valence-electron chi connectivity index (χ3n) is 6.97. The fourth-order valence-corrected chi connectivity index (χ4v) is 12.6. The Morgan fingerprint density at radius 2 is 0.885 bits per heavy atom. The SMILES string of the molecule is O=C(CNCC(=O)[C@@H](O)[C@H](O)[C@H](O)CO)COc1c(I)cc(I)c(-c2c(I)cc(I)c(OCC(=O)CNCC(=O)[C@@H](O)[C@H](O)[C@H](O)CO)c2I)c1I. The Bertz CT molecular complexity index is 1490. The second-order valence-corrected chi connectivity index (χ2v) is 17.7. The van der Waals surface area contributed by atoms with E-state index in [-0.39, 0.29) is 26.3 Å². The van der Waals surface area contributed by atoms with Crippen LogP contribution in [0.3, 0.4) is 0 Å². The molecule has 0 aliphatic carbocycles. The van der Waals surface area contributed by atoms with Crippen molar-refractivity contribution in [3.63, 3.8) is 0 Å². The van der Waals surface area contributed by atoms with Gasteiger partial charge in [-0.1, -0.05) is 0 Å². The Kier molecular flexibility index (Phi) is 22.4. The number of hydrogen-bond acceptors (Lipinski definition) is 16. The molecule has 0 radical (unpaired) electrons. The molecule has 2 rings (SSSR count). The molecule has 22 heteroatoms. The van der Waals surface area contributed by atoms with E-state index < -0.39 is 86.1 Å². The molecule has 52 heavy (non-hydrogen) atoms. The van der Waals surface area contributed by atoms with E-state index in [1.54, 1.807) is 0 Å². The number of aliphatic hydroxyl groups excluding tert-OH is 8. The Hall–Kier alpha value is 0.700. The van der Waals surface area contributed by atoms with E-state index in [4.69, 9.17) is 19.7 Å². The average Bonchev–Trinajstić information content (AvgIpc) is 3.10. The van der Waals surface area contributed by atoms with E-state index in [0.29, 0.717) is 18.6 Å². The number of hydrogen-bond donors (Lipinski definition) is 10. The molecule has 0 unspecified atom stereocenters. The maximum Gasteiger partial charge on any atom is 0.183 e. The van der Waals surface area contributed by atoms with E-state index in [1.807, 2.05) is 12.1 Å². The quantitative estimate of drug-likeness (QED) is 0.0620. The number of Topliss-reactive ketones (excluding diaryl/α,β-unsaturated/α-hetero) is 4. The third-order valence-corrected chi connectivity index (χ3v) is 12.3. The first-order chi connectivity index (χ1) is 24.4. The lowest BCUT2D eigenvalue weighted by molar-refractivity contribution is -0.140. The van der Waals surface area contributed by atoms with Gasteiger partial charge in [0.1, 0.15) is 61.3 Å². The highest BCUT2D eigenvalue weighted by atomic mass is 127. The number of ketones is 4. The number of rotatable bonds is 23. The van der Waals surface area contributed by atoms with E-state index >= 15 is 0 Å². The van der Waals surface area contributed by atoms with Crippen molar-refractivity contribution < 1.29 is 69.5 Å². The predicted molar refractivity (Wildman–Crippen MR) is 235 cm³/mol. The number of carbonyl (C=O) groups is 4. The molecule has 0 heterocycles. The van der Waals surface area contributed by atoms with Gasteiger partial charge in [-0.05, 0) is 148 Å². The molecule has 290 valence electrons. The van der Waals surface area contributed by atoms with Gasteiger partial charge in [0.15, 0.2) is 23.1 Å². The summed E-state index contributed by atoms with van der Waals surface area (Å²) in [5, 5.41) is 80.8. The van der Waals surface area contributed by atoms with E-state index in [2.05, 4.69) is 146 Å². The van der Waals surface area contributed by atoms with Gasteiger partial charge in [-0.3, -0.25) is 19.2 Å². The topological polar surface area (TPSA) is 273 Å². The standard InChI is InChI=1S/C30H34I6N2O14/c31-13-1-15(33)29(51-9-11(41)3-37-5-17(43)25(47)27(49)19(45)7-39)23(35)21(13)22-14(32)2-16(34)30(24(22)36)52-10-12(42)4-38-6-18(44)26(48)28(50)20(46)8-40/h1-2,19-20,25-28,37-40,45-50H,3-10H2/t19-,20-,25-,26-,27-,28-/m1/s1. The predicted octanol–water partition coefficient (Wildman–Crippen LogP) is -0.656. The summed E-state index contributed by atoms with van der Waals surface area (Å²) in [6.45, 7) is -3.96. The molecule has 0 spiro atoms. The molecule has 0 amide bonds. The van der Waals surface area contributed by atoms with Crippen LogP contribution in [0.2, 0.25) is 0 Å². The molecule has 0 bridgehead atoms. The van der Waals surface area contributed by atoms with Gasteiger partial charge in [0.2, 0.25) is 0 Å². The van der Waals surface area contributed by atoms with Crippen LogP contribution < -0.4 is 20.1 Å². The lowest BCUT2D eigenvalue weighted by atomic mass is 10.0. The van der Waals surface area contributed by atoms with Crippen molar-refractivity contribution in [1.82, 2.24) is 10.6 Å². The lowest BCUT2D eigenvalue weighted by Gasteiger charge is -2.21. The highest BCUT2D eigenvalue weighted by Crippen LogP contribution is 2.45. The van der Waals surface area contributed by atoms with Gasteiger partial charge >= 0.3 is 0 Å². The number of aliphatic hydroxyl groups is 8. The van der Waals surface area contributed by atoms with Gasteiger partial charge in [0, 0.05) is 18.3 Å². The summed E-state index contributed by atoms with van der Waals surface area (Å²) >= 11 is 12.8. The zero-order valence-electron chi connectivity index (χ0n) is 26.6. The van der Waals surface area contributed by atoms with Crippen LogP contribution in [-0.2, 0) is 19.2 Å². The van der Waals surface area contributed by atoms with E-state index in [0.717, 1.165) is 25.4 Å². The smallest absolute Gasteiger partial charge is 0.183 e. The number of ether oxygens (including phenoxy) is 2. The molecule has 2 aromatic rings. The molecule has 6 atom stereocenters. The van der Waals surface area contributed by atoms with Crippen LogP contribution >= 0.6 is 136 Å². The molecule has 0 aliphatic heterocycles. The molecule has 0 fully saturated rings.